The van der Waals surface area contributed by atoms with E-state index in [1.165, 1.54) is 0 Å². The van der Waals surface area contributed by atoms with Gasteiger partial charge < -0.3 is 10.1 Å². The minimum atomic E-state index is -0.530. The predicted octanol–water partition coefficient (Wildman–Crippen LogP) is 2.14. The smallest absolute Gasteiger partial charge is 0.260 e. The van der Waals surface area contributed by atoms with Crippen LogP contribution in [0.2, 0.25) is 0 Å². The van der Waals surface area contributed by atoms with Gasteiger partial charge in [0.15, 0.2) is 6.10 Å². The molecule has 4 heteroatoms. The number of carbonyl (C=O) groups excluding carboxylic acids is 1. The molecule has 2 rings (SSSR count). The number of likely N-dealkylation sites (N-methyl/N-ethyl adjacent to an activating group) is 1. The Morgan fingerprint density at radius 3 is 2.94 bits per heavy atom. The molecule has 0 spiro atoms. The summed E-state index contributed by atoms with van der Waals surface area (Å²) in [4.78, 5) is 15.9. The highest BCUT2D eigenvalue weighted by Gasteiger charge is 2.14. The Morgan fingerprint density at radius 1 is 1.39 bits per heavy atom. The maximum Gasteiger partial charge on any atom is 0.260 e. The molecule has 1 atom stereocenters. The molecule has 1 aromatic heterocycles. The van der Waals surface area contributed by atoms with Gasteiger partial charge in [0.25, 0.3) is 5.91 Å². The van der Waals surface area contributed by atoms with Gasteiger partial charge in [0.05, 0.1) is 0 Å². The lowest BCUT2D eigenvalue weighted by Crippen LogP contribution is -2.36. The molecule has 1 N–H and O–H groups in total. The number of fused-ring (bicyclic) bond motifs is 1. The van der Waals surface area contributed by atoms with E-state index in [0.29, 0.717) is 12.3 Å². The zero-order valence-corrected chi connectivity index (χ0v) is 10.5. The van der Waals surface area contributed by atoms with Crippen molar-refractivity contribution in [1.82, 2.24) is 10.3 Å². The number of hydrogen-bond donors (Lipinski definition) is 1. The average Bonchev–Trinajstić information content (AvgIpc) is 2.39. The Hall–Kier alpha value is -2.10. The first-order valence-corrected chi connectivity index (χ1v) is 6.00. The van der Waals surface area contributed by atoms with Gasteiger partial charge in [0.1, 0.15) is 11.3 Å². The highest BCUT2D eigenvalue weighted by Crippen LogP contribution is 2.23. The predicted molar refractivity (Wildman–Crippen MR) is 70.5 cm³/mol. The Balaban J connectivity index is 2.24. The number of hydrogen-bond acceptors (Lipinski definition) is 3. The quantitative estimate of drug-likeness (QED) is 0.896. The normalized spacial score (nSPS) is 12.1. The summed E-state index contributed by atoms with van der Waals surface area (Å²) in [5.41, 5.74) is 0.774. The highest BCUT2D eigenvalue weighted by atomic mass is 16.5. The van der Waals surface area contributed by atoms with E-state index in [9.17, 15) is 4.79 Å². The Kier molecular flexibility index (Phi) is 3.77. The van der Waals surface area contributed by atoms with Crippen LogP contribution in [0, 0.1) is 0 Å². The van der Waals surface area contributed by atoms with Gasteiger partial charge in [0.2, 0.25) is 0 Å². The first kappa shape index (κ1) is 12.4. The number of pyridine rings is 1. The molecule has 0 radical (unpaired) electrons. The number of rotatable bonds is 4. The number of aromatic nitrogens is 1. The van der Waals surface area contributed by atoms with Crippen LogP contribution >= 0.6 is 0 Å². The molecule has 2 aromatic rings. The van der Waals surface area contributed by atoms with Crippen molar-refractivity contribution < 1.29 is 9.53 Å². The molecule has 1 unspecified atom stereocenters. The Labute approximate surface area is 106 Å². The van der Waals surface area contributed by atoms with Gasteiger partial charge in [-0.15, -0.1) is 0 Å². The van der Waals surface area contributed by atoms with Crippen LogP contribution in [0.3, 0.4) is 0 Å². The van der Waals surface area contributed by atoms with Gasteiger partial charge in [-0.05, 0) is 26.0 Å². The molecule has 1 amide bonds. The van der Waals surface area contributed by atoms with Gasteiger partial charge in [-0.25, -0.2) is 0 Å². The van der Waals surface area contributed by atoms with E-state index in [0.717, 1.165) is 10.9 Å². The van der Waals surface area contributed by atoms with E-state index in [1.54, 1.807) is 13.1 Å². The minimum absolute atomic E-state index is 0.120. The van der Waals surface area contributed by atoms with Crippen LogP contribution in [-0.2, 0) is 4.79 Å². The summed E-state index contributed by atoms with van der Waals surface area (Å²) in [6.07, 6.45) is 1.18. The second-order valence-corrected chi connectivity index (χ2v) is 3.99. The fourth-order valence-corrected chi connectivity index (χ4v) is 1.73. The van der Waals surface area contributed by atoms with Crippen molar-refractivity contribution in [2.45, 2.75) is 20.0 Å². The molecule has 0 saturated heterocycles. The minimum Gasteiger partial charge on any atom is -0.479 e. The number of nitrogens with zero attached hydrogens (tertiary/aromatic N) is 1. The second-order valence-electron chi connectivity index (χ2n) is 3.99. The number of carbonyl (C=O) groups is 1. The van der Waals surface area contributed by atoms with E-state index in [4.69, 9.17) is 4.74 Å². The van der Waals surface area contributed by atoms with Crippen molar-refractivity contribution in [1.29, 1.82) is 0 Å². The van der Waals surface area contributed by atoms with Crippen LogP contribution in [0.4, 0.5) is 0 Å². The van der Waals surface area contributed by atoms with E-state index in [1.807, 2.05) is 37.3 Å². The standard InChI is InChI=1S/C14H16N2O2/c1-3-15-14(17)10(2)18-12-8-4-6-11-7-5-9-16-13(11)12/h4-10H,3H2,1-2H3,(H,15,17). The average molecular weight is 244 g/mol. The van der Waals surface area contributed by atoms with Crippen molar-refractivity contribution in [2.24, 2.45) is 0 Å². The van der Waals surface area contributed by atoms with Crippen molar-refractivity contribution in [2.75, 3.05) is 6.54 Å². The molecule has 0 aliphatic heterocycles. The lowest BCUT2D eigenvalue weighted by atomic mass is 10.2. The zero-order valence-electron chi connectivity index (χ0n) is 10.5. The zero-order chi connectivity index (χ0) is 13.0. The van der Waals surface area contributed by atoms with Crippen molar-refractivity contribution >= 4 is 16.8 Å². The Bertz CT molecular complexity index is 549. The molecular formula is C14H16N2O2. The largest absolute Gasteiger partial charge is 0.479 e. The van der Waals surface area contributed by atoms with Crippen LogP contribution in [-0.4, -0.2) is 23.5 Å². The topological polar surface area (TPSA) is 51.2 Å². The van der Waals surface area contributed by atoms with Gasteiger partial charge in [-0.2, -0.15) is 0 Å². The third kappa shape index (κ3) is 2.59. The molecule has 0 bridgehead atoms. The number of amides is 1. The van der Waals surface area contributed by atoms with Crippen molar-refractivity contribution in [3.8, 4) is 5.75 Å². The fourth-order valence-electron chi connectivity index (χ4n) is 1.73. The molecular weight excluding hydrogens is 228 g/mol. The van der Waals surface area contributed by atoms with Gasteiger partial charge in [-0.3, -0.25) is 9.78 Å². The molecule has 94 valence electrons. The lowest BCUT2D eigenvalue weighted by molar-refractivity contribution is -0.127. The number of ether oxygens (including phenoxy) is 1. The van der Waals surface area contributed by atoms with Gasteiger partial charge in [-0.1, -0.05) is 18.2 Å². The maximum absolute atomic E-state index is 11.6. The van der Waals surface area contributed by atoms with Crippen LogP contribution in [0.5, 0.6) is 5.75 Å². The molecule has 0 aliphatic carbocycles. The summed E-state index contributed by atoms with van der Waals surface area (Å²) in [6, 6.07) is 9.52. The number of benzene rings is 1. The van der Waals surface area contributed by atoms with E-state index < -0.39 is 6.10 Å². The number of nitrogens with one attached hydrogen (secondary N) is 1. The second kappa shape index (κ2) is 5.49. The number of para-hydroxylation sites is 1. The van der Waals surface area contributed by atoms with Gasteiger partial charge in [0, 0.05) is 18.1 Å². The van der Waals surface area contributed by atoms with Gasteiger partial charge >= 0.3 is 0 Å². The SMILES string of the molecule is CCNC(=O)C(C)Oc1cccc2cccnc12. The Morgan fingerprint density at radius 2 is 2.17 bits per heavy atom. The van der Waals surface area contributed by atoms with E-state index in [-0.39, 0.29) is 5.91 Å². The molecule has 1 heterocycles. The van der Waals surface area contributed by atoms with Crippen LogP contribution in [0.1, 0.15) is 13.8 Å². The van der Waals surface area contributed by atoms with E-state index in [2.05, 4.69) is 10.3 Å². The molecule has 1 aromatic carbocycles. The highest BCUT2D eigenvalue weighted by molar-refractivity contribution is 5.85. The van der Waals surface area contributed by atoms with Crippen molar-refractivity contribution in [3.63, 3.8) is 0 Å². The van der Waals surface area contributed by atoms with E-state index >= 15 is 0 Å². The molecule has 18 heavy (non-hydrogen) atoms. The third-order valence-corrected chi connectivity index (χ3v) is 2.62. The lowest BCUT2D eigenvalue weighted by Gasteiger charge is -2.15. The molecule has 0 fully saturated rings. The first-order valence-electron chi connectivity index (χ1n) is 6.00. The monoisotopic (exact) mass is 244 g/mol. The maximum atomic E-state index is 11.6. The first-order chi connectivity index (χ1) is 8.72. The summed E-state index contributed by atoms with van der Waals surface area (Å²) in [7, 11) is 0. The molecule has 4 nitrogen and oxygen atoms in total. The van der Waals surface area contributed by atoms with Crippen LogP contribution < -0.4 is 10.1 Å². The fraction of sp³-hybridized carbons (Fsp3) is 0.286. The van der Waals surface area contributed by atoms with Crippen molar-refractivity contribution in [3.05, 3.63) is 36.5 Å². The van der Waals surface area contributed by atoms with Crippen LogP contribution in [0.25, 0.3) is 10.9 Å². The molecule has 0 aliphatic rings. The summed E-state index contributed by atoms with van der Waals surface area (Å²) in [5.74, 6) is 0.511. The summed E-state index contributed by atoms with van der Waals surface area (Å²) >= 11 is 0. The molecule has 0 saturated carbocycles. The summed E-state index contributed by atoms with van der Waals surface area (Å²) < 4.78 is 5.67. The third-order valence-electron chi connectivity index (χ3n) is 2.62. The summed E-state index contributed by atoms with van der Waals surface area (Å²) in [6.45, 7) is 4.21. The summed E-state index contributed by atoms with van der Waals surface area (Å²) in [5, 5.41) is 3.73. The van der Waals surface area contributed by atoms with Crippen LogP contribution in [0.15, 0.2) is 36.5 Å².